The van der Waals surface area contributed by atoms with E-state index in [0.717, 1.165) is 35.3 Å². The first-order valence-electron chi connectivity index (χ1n) is 8.02. The van der Waals surface area contributed by atoms with Crippen LogP contribution in [-0.2, 0) is 10.0 Å². The van der Waals surface area contributed by atoms with Crippen molar-refractivity contribution in [3.05, 3.63) is 72.3 Å². The smallest absolute Gasteiger partial charge is 0.261 e. The Labute approximate surface area is 146 Å². The van der Waals surface area contributed by atoms with Crippen LogP contribution >= 0.6 is 0 Å². The van der Waals surface area contributed by atoms with Crippen molar-refractivity contribution < 1.29 is 8.42 Å². The largest absolute Gasteiger partial charge is 0.368 e. The van der Waals surface area contributed by atoms with E-state index in [1.165, 1.54) is 0 Å². The van der Waals surface area contributed by atoms with E-state index in [4.69, 9.17) is 0 Å². The number of sulfonamides is 1. The van der Waals surface area contributed by atoms with Crippen molar-refractivity contribution in [3.8, 4) is 0 Å². The molecule has 0 aliphatic carbocycles. The summed E-state index contributed by atoms with van der Waals surface area (Å²) in [6, 6.07) is 20.1. The Kier molecular flexibility index (Phi) is 3.89. The third kappa shape index (κ3) is 3.21. The van der Waals surface area contributed by atoms with Gasteiger partial charge >= 0.3 is 0 Å². The van der Waals surface area contributed by atoms with Crippen LogP contribution in [0.3, 0.4) is 0 Å². The average molecular weight is 351 g/mol. The maximum absolute atomic E-state index is 12.7. The highest BCUT2D eigenvalue weighted by Crippen LogP contribution is 2.22. The fourth-order valence-corrected chi connectivity index (χ4v) is 3.95. The second-order valence-corrected chi connectivity index (χ2v) is 7.53. The van der Waals surface area contributed by atoms with Crippen LogP contribution in [0.2, 0.25) is 0 Å². The highest BCUT2D eigenvalue weighted by atomic mass is 32.2. The molecule has 25 heavy (non-hydrogen) atoms. The molecule has 0 aromatic heterocycles. The molecule has 2 N–H and O–H groups in total. The Morgan fingerprint density at radius 1 is 0.920 bits per heavy atom. The Hall–Kier alpha value is -2.86. The monoisotopic (exact) mass is 351 g/mol. The van der Waals surface area contributed by atoms with Gasteiger partial charge in [-0.15, -0.1) is 0 Å². The van der Waals surface area contributed by atoms with Gasteiger partial charge in [-0.1, -0.05) is 42.5 Å². The minimum absolute atomic E-state index is 0.243. The van der Waals surface area contributed by atoms with E-state index in [1.54, 1.807) is 24.3 Å². The Morgan fingerprint density at radius 3 is 2.56 bits per heavy atom. The molecule has 6 heteroatoms. The standard InChI is InChI=1S/C19H17N3O2S/c23-25(24,18-9-8-14-4-1-2-5-15(14)13-18)22-17-7-3-6-16(12-17)19-20-10-11-21-19/h1-9,12-13,22H,10-11H2,(H,20,21). The summed E-state index contributed by atoms with van der Waals surface area (Å²) in [4.78, 5) is 4.61. The minimum atomic E-state index is -3.66. The van der Waals surface area contributed by atoms with Gasteiger partial charge in [0, 0.05) is 17.8 Å². The first-order valence-corrected chi connectivity index (χ1v) is 9.50. The summed E-state index contributed by atoms with van der Waals surface area (Å²) in [6.45, 7) is 1.55. The highest BCUT2D eigenvalue weighted by Gasteiger charge is 2.16. The van der Waals surface area contributed by atoms with Gasteiger partial charge in [-0.25, -0.2) is 8.42 Å². The molecule has 0 fully saturated rings. The number of hydrogen-bond acceptors (Lipinski definition) is 4. The lowest BCUT2D eigenvalue weighted by atomic mass is 10.1. The van der Waals surface area contributed by atoms with E-state index in [-0.39, 0.29) is 4.90 Å². The number of fused-ring (bicyclic) bond motifs is 1. The molecule has 1 aliphatic heterocycles. The number of rotatable bonds is 4. The molecule has 0 saturated carbocycles. The van der Waals surface area contributed by atoms with Crippen LogP contribution < -0.4 is 10.0 Å². The third-order valence-electron chi connectivity index (χ3n) is 4.09. The number of hydrogen-bond donors (Lipinski definition) is 2. The summed E-state index contributed by atoms with van der Waals surface area (Å²) in [5.74, 6) is 0.798. The van der Waals surface area contributed by atoms with Gasteiger partial charge in [0.05, 0.1) is 11.4 Å². The predicted molar refractivity (Wildman–Crippen MR) is 101 cm³/mol. The van der Waals surface area contributed by atoms with Gasteiger partial charge in [-0.2, -0.15) is 0 Å². The van der Waals surface area contributed by atoms with Crippen LogP contribution in [0.5, 0.6) is 0 Å². The molecule has 0 atom stereocenters. The Balaban J connectivity index is 1.65. The Bertz CT molecular complexity index is 1070. The molecule has 3 aromatic carbocycles. The van der Waals surface area contributed by atoms with Gasteiger partial charge in [-0.05, 0) is 35.0 Å². The van der Waals surface area contributed by atoms with Gasteiger partial charge in [0.2, 0.25) is 0 Å². The highest BCUT2D eigenvalue weighted by molar-refractivity contribution is 7.92. The number of nitrogens with zero attached hydrogens (tertiary/aromatic N) is 1. The zero-order chi connectivity index (χ0) is 17.3. The normalized spacial score (nSPS) is 14.2. The van der Waals surface area contributed by atoms with Gasteiger partial charge in [0.25, 0.3) is 10.0 Å². The van der Waals surface area contributed by atoms with Crippen LogP contribution in [0.1, 0.15) is 5.56 Å². The molecule has 0 radical (unpaired) electrons. The van der Waals surface area contributed by atoms with Crippen molar-refractivity contribution in [2.24, 2.45) is 4.99 Å². The molecule has 0 saturated heterocycles. The van der Waals surface area contributed by atoms with Crippen molar-refractivity contribution in [1.82, 2.24) is 5.32 Å². The summed E-state index contributed by atoms with van der Waals surface area (Å²) in [6.07, 6.45) is 0. The predicted octanol–water partition coefficient (Wildman–Crippen LogP) is 2.99. The third-order valence-corrected chi connectivity index (χ3v) is 5.47. The van der Waals surface area contributed by atoms with Crippen molar-refractivity contribution in [1.29, 1.82) is 0 Å². The number of benzene rings is 3. The van der Waals surface area contributed by atoms with Gasteiger partial charge < -0.3 is 5.32 Å². The molecule has 0 spiro atoms. The average Bonchev–Trinajstić information content (AvgIpc) is 3.16. The van der Waals surface area contributed by atoms with Crippen LogP contribution in [0, 0.1) is 0 Å². The first kappa shape index (κ1) is 15.7. The fourth-order valence-electron chi connectivity index (χ4n) is 2.87. The van der Waals surface area contributed by atoms with Crippen LogP contribution in [0.15, 0.2) is 76.6 Å². The zero-order valence-corrected chi connectivity index (χ0v) is 14.3. The van der Waals surface area contributed by atoms with Crippen molar-refractivity contribution in [3.63, 3.8) is 0 Å². The maximum Gasteiger partial charge on any atom is 0.261 e. The molecule has 5 nitrogen and oxygen atoms in total. The number of anilines is 1. The summed E-state index contributed by atoms with van der Waals surface area (Å²) >= 11 is 0. The molecule has 126 valence electrons. The molecule has 1 aliphatic rings. The molecule has 3 aromatic rings. The fraction of sp³-hybridized carbons (Fsp3) is 0.105. The van der Waals surface area contributed by atoms with Gasteiger partial charge in [0.15, 0.2) is 0 Å². The molecule has 0 bridgehead atoms. The summed E-state index contributed by atoms with van der Waals surface area (Å²) in [5.41, 5.74) is 1.39. The van der Waals surface area contributed by atoms with Crippen LogP contribution in [0.25, 0.3) is 10.8 Å². The van der Waals surface area contributed by atoms with Crippen molar-refractivity contribution >= 4 is 32.3 Å². The topological polar surface area (TPSA) is 70.6 Å². The number of nitrogens with one attached hydrogen (secondary N) is 2. The van der Waals surface area contributed by atoms with E-state index < -0.39 is 10.0 Å². The van der Waals surface area contributed by atoms with Gasteiger partial charge in [0.1, 0.15) is 5.84 Å². The molecule has 4 rings (SSSR count). The van der Waals surface area contributed by atoms with E-state index in [1.807, 2.05) is 42.5 Å². The molecular weight excluding hydrogens is 334 g/mol. The Morgan fingerprint density at radius 2 is 1.76 bits per heavy atom. The number of amidine groups is 1. The molecule has 1 heterocycles. The second-order valence-electron chi connectivity index (χ2n) is 5.85. The van der Waals surface area contributed by atoms with Crippen molar-refractivity contribution in [2.75, 3.05) is 17.8 Å². The summed E-state index contributed by atoms with van der Waals surface area (Å²) in [7, 11) is -3.66. The summed E-state index contributed by atoms with van der Waals surface area (Å²) in [5, 5.41) is 5.09. The van der Waals surface area contributed by atoms with Gasteiger partial charge in [-0.3, -0.25) is 9.71 Å². The second kappa shape index (κ2) is 6.22. The lowest BCUT2D eigenvalue weighted by Gasteiger charge is -2.10. The van der Waals surface area contributed by atoms with Crippen LogP contribution in [-0.4, -0.2) is 27.3 Å². The van der Waals surface area contributed by atoms with Crippen molar-refractivity contribution in [2.45, 2.75) is 4.90 Å². The zero-order valence-electron chi connectivity index (χ0n) is 13.4. The summed E-state index contributed by atoms with van der Waals surface area (Å²) < 4.78 is 28.1. The molecule has 0 amide bonds. The van der Waals surface area contributed by atoms with Crippen LogP contribution in [0.4, 0.5) is 5.69 Å². The van der Waals surface area contributed by atoms with E-state index in [2.05, 4.69) is 15.0 Å². The van der Waals surface area contributed by atoms with E-state index >= 15 is 0 Å². The minimum Gasteiger partial charge on any atom is -0.368 e. The first-order chi connectivity index (χ1) is 12.1. The quantitative estimate of drug-likeness (QED) is 0.759. The lowest BCUT2D eigenvalue weighted by Crippen LogP contribution is -2.20. The molecule has 0 unspecified atom stereocenters. The number of aliphatic imine (C=N–C) groups is 1. The lowest BCUT2D eigenvalue weighted by molar-refractivity contribution is 0.601. The SMILES string of the molecule is O=S(=O)(Nc1cccc(C2=NCCN2)c1)c1ccc2ccccc2c1. The van der Waals surface area contributed by atoms with E-state index in [0.29, 0.717) is 5.69 Å². The van der Waals surface area contributed by atoms with E-state index in [9.17, 15) is 8.42 Å². The maximum atomic E-state index is 12.7. The molecular formula is C19H17N3O2S.